The van der Waals surface area contributed by atoms with Crippen LogP contribution in [0.15, 0.2) is 160 Å². The summed E-state index contributed by atoms with van der Waals surface area (Å²) >= 11 is 5.12. The van der Waals surface area contributed by atoms with E-state index in [0.717, 1.165) is 56.7 Å². The van der Waals surface area contributed by atoms with Crippen LogP contribution in [0.1, 0.15) is 58.6 Å². The van der Waals surface area contributed by atoms with Crippen molar-refractivity contribution in [3.8, 4) is 0 Å². The number of amides is 2. The van der Waals surface area contributed by atoms with Crippen molar-refractivity contribution in [2.45, 2.75) is 46.0 Å². The number of hydrogen-bond acceptors (Lipinski definition) is 10. The molecule has 64 heavy (non-hydrogen) atoms. The molecule has 0 saturated carbocycles. The van der Waals surface area contributed by atoms with Gasteiger partial charge in [0.15, 0.2) is 0 Å². The van der Waals surface area contributed by atoms with Gasteiger partial charge in [-0.25, -0.2) is 4.79 Å². The molecule has 3 N–H and O–H groups in total. The fraction of sp³-hybridized carbons (Fsp3) is 0.122. The maximum atomic E-state index is 12.6. The number of nitrogens with one attached hydrogen (secondary N) is 3. The number of aromatic nitrogens is 6. The van der Waals surface area contributed by atoms with E-state index in [-0.39, 0.29) is 11.8 Å². The molecular formula is C49H45IN8O4S2. The van der Waals surface area contributed by atoms with E-state index in [1.54, 1.807) is 50.4 Å². The standard InChI is InChI=1S/C22H18N4OS.C20H20IN3O3S.C7H7N/c1-23-22(27)18-7-2-3-8-21(18)28-16-10-11-17-19(25-26-20(17)14-16)12-9-15-6-4-5-13-24-15;1-20(2,3)27-19(26)24-15-11-12(9-10-13(15)17(21)23-24)28-16-8-6-5-7-14(16)18(25)22-4;1-2-7-5-3-4-6-8-7/h2-14H,1H3,(H,23,27)(H,25,26);5-11H,1-4H3,(H,22,25);2-6H,1H2/b12-9+;;. The van der Waals surface area contributed by atoms with E-state index in [1.165, 1.54) is 16.4 Å². The summed E-state index contributed by atoms with van der Waals surface area (Å²) in [5, 5.41) is 19.1. The van der Waals surface area contributed by atoms with Gasteiger partial charge in [-0.1, -0.05) is 66.5 Å². The molecule has 12 nitrogen and oxygen atoms in total. The third-order valence-corrected chi connectivity index (χ3v) is 11.8. The van der Waals surface area contributed by atoms with Gasteiger partial charge in [0.2, 0.25) is 0 Å². The number of pyridine rings is 2. The van der Waals surface area contributed by atoms with Gasteiger partial charge in [0, 0.05) is 56.8 Å². The Morgan fingerprint density at radius 3 is 1.80 bits per heavy atom. The lowest BCUT2D eigenvalue weighted by molar-refractivity contribution is 0.0521. The quantitative estimate of drug-likeness (QED) is 0.119. The highest BCUT2D eigenvalue weighted by atomic mass is 127. The molecule has 4 aromatic heterocycles. The number of carbonyl (C=O) groups excluding carboxylic acids is 3. The molecule has 0 atom stereocenters. The molecule has 8 aromatic rings. The lowest BCUT2D eigenvalue weighted by Crippen LogP contribution is -2.27. The zero-order chi connectivity index (χ0) is 45.6. The first kappa shape index (κ1) is 46.9. The molecule has 0 bridgehead atoms. The van der Waals surface area contributed by atoms with Crippen LogP contribution in [0.3, 0.4) is 0 Å². The molecule has 8 rings (SSSR count). The van der Waals surface area contributed by atoms with Gasteiger partial charge in [0.1, 0.15) is 9.30 Å². The summed E-state index contributed by atoms with van der Waals surface area (Å²) in [5.41, 5.74) is 4.94. The molecule has 0 aliphatic heterocycles. The van der Waals surface area contributed by atoms with Crippen LogP contribution in [0.2, 0.25) is 0 Å². The number of halogens is 1. The average molecular weight is 1000 g/mol. The first-order valence-corrected chi connectivity index (χ1v) is 22.6. The third kappa shape index (κ3) is 12.5. The molecule has 0 fully saturated rings. The molecule has 0 spiro atoms. The summed E-state index contributed by atoms with van der Waals surface area (Å²) in [4.78, 5) is 48.7. The molecule has 15 heteroatoms. The predicted octanol–water partition coefficient (Wildman–Crippen LogP) is 11.3. The van der Waals surface area contributed by atoms with Crippen LogP contribution in [0.25, 0.3) is 40.0 Å². The first-order chi connectivity index (χ1) is 30.9. The summed E-state index contributed by atoms with van der Waals surface area (Å²) < 4.78 is 7.48. The van der Waals surface area contributed by atoms with Crippen molar-refractivity contribution in [2.75, 3.05) is 14.1 Å². The highest BCUT2D eigenvalue weighted by Crippen LogP contribution is 2.35. The molecule has 4 aromatic carbocycles. The van der Waals surface area contributed by atoms with Crippen molar-refractivity contribution in [2.24, 2.45) is 0 Å². The summed E-state index contributed by atoms with van der Waals surface area (Å²) in [7, 11) is 3.25. The second-order valence-corrected chi connectivity index (χ2v) is 17.8. The lowest BCUT2D eigenvalue weighted by atomic mass is 10.2. The Bertz CT molecular complexity index is 2930. The summed E-state index contributed by atoms with van der Waals surface area (Å²) in [6.45, 7) is 9.02. The second-order valence-electron chi connectivity index (χ2n) is 14.6. The largest absolute Gasteiger partial charge is 0.442 e. The second kappa shape index (κ2) is 22.2. The lowest BCUT2D eigenvalue weighted by Gasteiger charge is -2.19. The summed E-state index contributed by atoms with van der Waals surface area (Å²) in [6, 6.07) is 38.4. The maximum Gasteiger partial charge on any atom is 0.435 e. The number of benzene rings is 4. The van der Waals surface area contributed by atoms with Gasteiger partial charge in [0.25, 0.3) is 11.8 Å². The van der Waals surface area contributed by atoms with E-state index in [0.29, 0.717) is 16.6 Å². The van der Waals surface area contributed by atoms with Crippen LogP contribution in [-0.4, -0.2) is 67.5 Å². The molecular weight excluding hydrogens is 956 g/mol. The SMILES string of the molecule is C=Cc1ccccn1.CNC(=O)c1ccccc1Sc1ccc2c(/C=C/c3ccccn3)n[nH]c2c1.CNC(=O)c1ccccc1Sc1ccc2c(I)nn(C(=O)OC(C)(C)C)c2c1. The van der Waals surface area contributed by atoms with Crippen LogP contribution in [0.4, 0.5) is 4.79 Å². The molecule has 0 aliphatic rings. The molecule has 0 saturated heterocycles. The van der Waals surface area contributed by atoms with Crippen LogP contribution >= 0.6 is 46.1 Å². The van der Waals surface area contributed by atoms with Crippen molar-refractivity contribution < 1.29 is 19.1 Å². The predicted molar refractivity (Wildman–Crippen MR) is 266 cm³/mol. The van der Waals surface area contributed by atoms with E-state index in [9.17, 15) is 14.4 Å². The van der Waals surface area contributed by atoms with Crippen molar-refractivity contribution in [1.82, 2.24) is 40.6 Å². The smallest absolute Gasteiger partial charge is 0.435 e. The van der Waals surface area contributed by atoms with Gasteiger partial charge in [-0.3, -0.25) is 24.7 Å². The molecule has 4 heterocycles. The topological polar surface area (TPSA) is 157 Å². The van der Waals surface area contributed by atoms with Crippen LogP contribution in [0, 0.1) is 3.70 Å². The van der Waals surface area contributed by atoms with E-state index >= 15 is 0 Å². The Morgan fingerprint density at radius 1 is 0.719 bits per heavy atom. The normalized spacial score (nSPS) is 11.0. The minimum Gasteiger partial charge on any atom is -0.442 e. The number of ether oxygens (including phenoxy) is 1. The average Bonchev–Trinajstić information content (AvgIpc) is 3.88. The van der Waals surface area contributed by atoms with E-state index in [1.807, 2.05) is 148 Å². The van der Waals surface area contributed by atoms with Gasteiger partial charge in [-0.2, -0.15) is 14.9 Å². The number of hydrogen-bond donors (Lipinski definition) is 3. The van der Waals surface area contributed by atoms with Gasteiger partial charge in [0.05, 0.1) is 39.2 Å². The number of carbonyl (C=O) groups is 3. The number of rotatable bonds is 9. The Balaban J connectivity index is 0.000000181. The maximum absolute atomic E-state index is 12.6. The molecule has 324 valence electrons. The highest BCUT2D eigenvalue weighted by molar-refractivity contribution is 14.1. The fourth-order valence-electron chi connectivity index (χ4n) is 5.92. The van der Waals surface area contributed by atoms with Crippen molar-refractivity contribution in [1.29, 1.82) is 0 Å². The van der Waals surface area contributed by atoms with Crippen LogP contribution in [-0.2, 0) is 4.74 Å². The number of aromatic amines is 1. The van der Waals surface area contributed by atoms with E-state index in [2.05, 4.69) is 65.1 Å². The van der Waals surface area contributed by atoms with Crippen LogP contribution < -0.4 is 10.6 Å². The van der Waals surface area contributed by atoms with Gasteiger partial charge in [-0.15, -0.1) is 0 Å². The third-order valence-electron chi connectivity index (χ3n) is 8.91. The Hall–Kier alpha value is -6.56. The first-order valence-electron chi connectivity index (χ1n) is 19.9. The molecule has 0 aliphatic carbocycles. The Morgan fingerprint density at radius 2 is 1.27 bits per heavy atom. The Kier molecular flexibility index (Phi) is 16.3. The molecule has 2 amide bonds. The van der Waals surface area contributed by atoms with Crippen LogP contribution in [0.5, 0.6) is 0 Å². The number of nitrogens with zero attached hydrogens (tertiary/aromatic N) is 5. The molecule has 0 radical (unpaired) electrons. The monoisotopic (exact) mass is 1000 g/mol. The zero-order valence-electron chi connectivity index (χ0n) is 35.7. The van der Waals surface area contributed by atoms with Crippen molar-refractivity contribution in [3.05, 3.63) is 172 Å². The minimum absolute atomic E-state index is 0.0901. The zero-order valence-corrected chi connectivity index (χ0v) is 39.5. The van der Waals surface area contributed by atoms with Gasteiger partial charge < -0.3 is 15.4 Å². The Labute approximate surface area is 393 Å². The van der Waals surface area contributed by atoms with E-state index < -0.39 is 11.7 Å². The molecule has 0 unspecified atom stereocenters. The van der Waals surface area contributed by atoms with Crippen molar-refractivity contribution >= 4 is 104 Å². The fourth-order valence-corrected chi connectivity index (χ4v) is 8.55. The van der Waals surface area contributed by atoms with Gasteiger partial charge in [-0.05, 0) is 147 Å². The number of fused-ring (bicyclic) bond motifs is 2. The number of H-pyrrole nitrogens is 1. The summed E-state index contributed by atoms with van der Waals surface area (Å²) in [5.74, 6) is -0.231. The minimum atomic E-state index is -0.612. The van der Waals surface area contributed by atoms with Gasteiger partial charge >= 0.3 is 6.09 Å². The van der Waals surface area contributed by atoms with E-state index in [4.69, 9.17) is 4.74 Å². The summed E-state index contributed by atoms with van der Waals surface area (Å²) in [6.07, 6.45) is 8.61. The highest BCUT2D eigenvalue weighted by Gasteiger charge is 2.22. The van der Waals surface area contributed by atoms with Crippen molar-refractivity contribution in [3.63, 3.8) is 0 Å².